The number of amides is 1. The van der Waals surface area contributed by atoms with Gasteiger partial charge in [0.1, 0.15) is 5.75 Å². The van der Waals surface area contributed by atoms with E-state index >= 15 is 0 Å². The zero-order chi connectivity index (χ0) is 13.4. The molecular formula is C12H19N3O3. The molecule has 1 aromatic carbocycles. The van der Waals surface area contributed by atoms with E-state index in [-0.39, 0.29) is 12.5 Å². The second kappa shape index (κ2) is 7.39. The maximum absolute atomic E-state index is 11.5. The highest BCUT2D eigenvalue weighted by atomic mass is 16.5. The smallest absolute Gasteiger partial charge is 0.239 e. The van der Waals surface area contributed by atoms with Gasteiger partial charge in [-0.1, -0.05) is 6.07 Å². The van der Waals surface area contributed by atoms with Gasteiger partial charge in [0.25, 0.3) is 0 Å². The molecule has 0 heterocycles. The van der Waals surface area contributed by atoms with Crippen LogP contribution in [0.4, 0.5) is 11.4 Å². The summed E-state index contributed by atoms with van der Waals surface area (Å²) in [6.07, 6.45) is 0. The number of carbonyl (C=O) groups is 1. The minimum absolute atomic E-state index is 0.116. The SMILES string of the molecule is COCCNC(=O)CNc1cccc(OC)c1N. The number of anilines is 2. The van der Waals surface area contributed by atoms with E-state index in [1.807, 2.05) is 0 Å². The predicted molar refractivity (Wildman–Crippen MR) is 70.8 cm³/mol. The molecule has 1 rings (SSSR count). The molecule has 0 aliphatic carbocycles. The van der Waals surface area contributed by atoms with Crippen molar-refractivity contribution in [3.63, 3.8) is 0 Å². The maximum atomic E-state index is 11.5. The Kier molecular flexibility index (Phi) is 5.79. The first-order chi connectivity index (χ1) is 8.69. The number of nitrogens with one attached hydrogen (secondary N) is 2. The third-order valence-corrected chi connectivity index (χ3v) is 2.35. The molecule has 0 aliphatic heterocycles. The highest BCUT2D eigenvalue weighted by Gasteiger charge is 2.06. The number of carbonyl (C=O) groups excluding carboxylic acids is 1. The fourth-order valence-electron chi connectivity index (χ4n) is 1.41. The normalized spacial score (nSPS) is 9.89. The number of nitrogen functional groups attached to an aromatic ring is 1. The summed E-state index contributed by atoms with van der Waals surface area (Å²) >= 11 is 0. The summed E-state index contributed by atoms with van der Waals surface area (Å²) in [7, 11) is 3.13. The number of hydrogen-bond donors (Lipinski definition) is 3. The van der Waals surface area contributed by atoms with Crippen LogP contribution in [0.3, 0.4) is 0 Å². The van der Waals surface area contributed by atoms with Crippen molar-refractivity contribution in [3.8, 4) is 5.75 Å². The Hall–Kier alpha value is -1.95. The lowest BCUT2D eigenvalue weighted by Crippen LogP contribution is -2.32. The van der Waals surface area contributed by atoms with E-state index in [2.05, 4.69) is 10.6 Å². The molecule has 0 spiro atoms. The molecule has 0 radical (unpaired) electrons. The van der Waals surface area contributed by atoms with E-state index < -0.39 is 0 Å². The lowest BCUT2D eigenvalue weighted by molar-refractivity contribution is -0.119. The summed E-state index contributed by atoms with van der Waals surface area (Å²) in [6, 6.07) is 5.36. The molecule has 0 saturated heterocycles. The van der Waals surface area contributed by atoms with Crippen molar-refractivity contribution in [2.75, 3.05) is 45.0 Å². The maximum Gasteiger partial charge on any atom is 0.239 e. The van der Waals surface area contributed by atoms with Crippen LogP contribution >= 0.6 is 0 Å². The van der Waals surface area contributed by atoms with Crippen molar-refractivity contribution < 1.29 is 14.3 Å². The molecule has 4 N–H and O–H groups in total. The van der Waals surface area contributed by atoms with Crippen molar-refractivity contribution in [1.29, 1.82) is 0 Å². The van der Waals surface area contributed by atoms with Gasteiger partial charge in [0.15, 0.2) is 0 Å². The molecule has 0 bridgehead atoms. The average molecular weight is 253 g/mol. The van der Waals surface area contributed by atoms with Gasteiger partial charge in [0.05, 0.1) is 31.6 Å². The summed E-state index contributed by atoms with van der Waals surface area (Å²) in [5.74, 6) is 0.467. The van der Waals surface area contributed by atoms with Gasteiger partial charge < -0.3 is 25.8 Å². The molecule has 1 amide bonds. The fraction of sp³-hybridized carbons (Fsp3) is 0.417. The number of rotatable bonds is 7. The molecular weight excluding hydrogens is 234 g/mol. The van der Waals surface area contributed by atoms with Crippen LogP contribution in [0.2, 0.25) is 0 Å². The molecule has 0 atom stereocenters. The first kappa shape index (κ1) is 14.1. The molecule has 0 fully saturated rings. The highest BCUT2D eigenvalue weighted by Crippen LogP contribution is 2.28. The van der Waals surface area contributed by atoms with Crippen molar-refractivity contribution in [2.45, 2.75) is 0 Å². The Bertz CT molecular complexity index is 396. The van der Waals surface area contributed by atoms with Gasteiger partial charge in [-0.15, -0.1) is 0 Å². The molecule has 6 heteroatoms. The van der Waals surface area contributed by atoms with E-state index in [0.717, 1.165) is 0 Å². The number of hydrogen-bond acceptors (Lipinski definition) is 5. The van der Waals surface area contributed by atoms with Gasteiger partial charge in [-0.25, -0.2) is 0 Å². The van der Waals surface area contributed by atoms with Crippen LogP contribution in [0.15, 0.2) is 18.2 Å². The van der Waals surface area contributed by atoms with E-state index in [1.54, 1.807) is 32.4 Å². The Morgan fingerprint density at radius 2 is 2.17 bits per heavy atom. The van der Waals surface area contributed by atoms with Crippen LogP contribution in [0.5, 0.6) is 5.75 Å². The summed E-state index contributed by atoms with van der Waals surface area (Å²) in [4.78, 5) is 11.5. The van der Waals surface area contributed by atoms with Gasteiger partial charge >= 0.3 is 0 Å². The van der Waals surface area contributed by atoms with E-state index in [0.29, 0.717) is 30.3 Å². The van der Waals surface area contributed by atoms with Crippen LogP contribution < -0.4 is 21.1 Å². The van der Waals surface area contributed by atoms with Crippen molar-refractivity contribution in [1.82, 2.24) is 5.32 Å². The predicted octanol–water partition coefficient (Wildman–Crippen LogP) is 0.452. The second-order valence-corrected chi connectivity index (χ2v) is 3.62. The summed E-state index contributed by atoms with van der Waals surface area (Å²) in [5.41, 5.74) is 7.03. The van der Waals surface area contributed by atoms with Crippen LogP contribution in [0, 0.1) is 0 Å². The summed E-state index contributed by atoms with van der Waals surface area (Å²) in [5, 5.41) is 5.66. The first-order valence-electron chi connectivity index (χ1n) is 5.61. The largest absolute Gasteiger partial charge is 0.495 e. The summed E-state index contributed by atoms with van der Waals surface area (Å²) in [6.45, 7) is 1.14. The monoisotopic (exact) mass is 253 g/mol. The fourth-order valence-corrected chi connectivity index (χ4v) is 1.41. The Balaban J connectivity index is 2.46. The molecule has 0 saturated carbocycles. The standard InChI is InChI=1S/C12H19N3O3/c1-17-7-6-14-11(16)8-15-9-4-3-5-10(18-2)12(9)13/h3-5,15H,6-8,13H2,1-2H3,(H,14,16). The molecule has 0 aliphatic rings. The van der Waals surface area contributed by atoms with Gasteiger partial charge in [0, 0.05) is 13.7 Å². The number of ether oxygens (including phenoxy) is 2. The molecule has 0 aromatic heterocycles. The molecule has 100 valence electrons. The Morgan fingerprint density at radius 1 is 1.39 bits per heavy atom. The minimum Gasteiger partial charge on any atom is -0.495 e. The number of nitrogens with two attached hydrogens (primary N) is 1. The zero-order valence-electron chi connectivity index (χ0n) is 10.7. The second-order valence-electron chi connectivity index (χ2n) is 3.62. The van der Waals surface area contributed by atoms with Crippen molar-refractivity contribution >= 4 is 17.3 Å². The van der Waals surface area contributed by atoms with Gasteiger partial charge in [-0.2, -0.15) is 0 Å². The van der Waals surface area contributed by atoms with Gasteiger partial charge in [-0.3, -0.25) is 4.79 Å². The quantitative estimate of drug-likeness (QED) is 0.485. The van der Waals surface area contributed by atoms with Crippen molar-refractivity contribution in [3.05, 3.63) is 18.2 Å². The summed E-state index contributed by atoms with van der Waals surface area (Å²) < 4.78 is 9.92. The van der Waals surface area contributed by atoms with E-state index in [9.17, 15) is 4.79 Å². The average Bonchev–Trinajstić information content (AvgIpc) is 2.38. The first-order valence-corrected chi connectivity index (χ1v) is 5.61. The van der Waals surface area contributed by atoms with Crippen LogP contribution in [0.25, 0.3) is 0 Å². The highest BCUT2D eigenvalue weighted by molar-refractivity contribution is 5.83. The Morgan fingerprint density at radius 3 is 2.83 bits per heavy atom. The van der Waals surface area contributed by atoms with Crippen LogP contribution in [-0.2, 0) is 9.53 Å². The lowest BCUT2D eigenvalue weighted by Gasteiger charge is -2.12. The topological polar surface area (TPSA) is 85.6 Å². The van der Waals surface area contributed by atoms with E-state index in [4.69, 9.17) is 15.2 Å². The third-order valence-electron chi connectivity index (χ3n) is 2.35. The molecule has 18 heavy (non-hydrogen) atoms. The Labute approximate surface area is 106 Å². The molecule has 0 unspecified atom stereocenters. The zero-order valence-corrected chi connectivity index (χ0v) is 10.7. The third kappa shape index (κ3) is 4.14. The van der Waals surface area contributed by atoms with Gasteiger partial charge in [-0.05, 0) is 12.1 Å². The van der Waals surface area contributed by atoms with Crippen LogP contribution in [-0.4, -0.2) is 39.8 Å². The van der Waals surface area contributed by atoms with Gasteiger partial charge in [0.2, 0.25) is 5.91 Å². The molecule has 6 nitrogen and oxygen atoms in total. The molecule has 1 aromatic rings. The minimum atomic E-state index is -0.116. The van der Waals surface area contributed by atoms with Crippen LogP contribution in [0.1, 0.15) is 0 Å². The number of methoxy groups -OCH3 is 2. The number of para-hydroxylation sites is 1. The number of benzene rings is 1. The van der Waals surface area contributed by atoms with E-state index in [1.165, 1.54) is 0 Å². The van der Waals surface area contributed by atoms with Crippen molar-refractivity contribution in [2.24, 2.45) is 0 Å². The lowest BCUT2D eigenvalue weighted by atomic mass is 10.2.